The standard InChI is InChI=1S/C14H17NO5/c1-18-14-10(12-11(20-12)9(7-16)19-14)15-13(17)8-5-3-2-4-6-8/h2-6,9-12,14,16H,7H2,1H3,(H,15,17)/t9-,10+,11+,12-,14+/m0/s1. The van der Waals surface area contributed by atoms with E-state index in [9.17, 15) is 9.90 Å². The van der Waals surface area contributed by atoms with Crippen molar-refractivity contribution in [3.63, 3.8) is 0 Å². The molecule has 0 aromatic heterocycles. The Hall–Kier alpha value is -1.47. The Morgan fingerprint density at radius 3 is 2.70 bits per heavy atom. The number of benzene rings is 1. The van der Waals surface area contributed by atoms with Crippen LogP contribution in [0.25, 0.3) is 0 Å². The van der Waals surface area contributed by atoms with Crippen LogP contribution >= 0.6 is 0 Å². The molecule has 2 N–H and O–H groups in total. The molecule has 0 aliphatic carbocycles. The molecule has 1 amide bonds. The number of hydrogen-bond donors (Lipinski definition) is 2. The summed E-state index contributed by atoms with van der Waals surface area (Å²) in [5, 5.41) is 12.1. The molecule has 6 nitrogen and oxygen atoms in total. The fraction of sp³-hybridized carbons (Fsp3) is 0.500. The summed E-state index contributed by atoms with van der Waals surface area (Å²) in [6, 6.07) is 8.56. The fourth-order valence-corrected chi connectivity index (χ4v) is 2.54. The van der Waals surface area contributed by atoms with Gasteiger partial charge in [0.15, 0.2) is 6.29 Å². The maximum absolute atomic E-state index is 12.2. The smallest absolute Gasteiger partial charge is 0.251 e. The van der Waals surface area contributed by atoms with Crippen molar-refractivity contribution in [1.82, 2.24) is 5.32 Å². The first kappa shape index (κ1) is 13.5. The zero-order valence-electron chi connectivity index (χ0n) is 11.1. The molecular weight excluding hydrogens is 262 g/mol. The molecule has 2 saturated heterocycles. The molecule has 2 aliphatic heterocycles. The molecule has 0 radical (unpaired) electrons. The fourth-order valence-electron chi connectivity index (χ4n) is 2.54. The number of carbonyl (C=O) groups excluding carboxylic acids is 1. The highest BCUT2D eigenvalue weighted by Crippen LogP contribution is 2.37. The van der Waals surface area contributed by atoms with Crippen LogP contribution in [0.1, 0.15) is 10.4 Å². The summed E-state index contributed by atoms with van der Waals surface area (Å²) in [6.07, 6.45) is -1.36. The van der Waals surface area contributed by atoms with Gasteiger partial charge in [0.25, 0.3) is 5.91 Å². The van der Waals surface area contributed by atoms with Gasteiger partial charge in [0.2, 0.25) is 0 Å². The molecule has 2 heterocycles. The number of methoxy groups -OCH3 is 1. The minimum Gasteiger partial charge on any atom is -0.394 e. The van der Waals surface area contributed by atoms with E-state index in [2.05, 4.69) is 5.32 Å². The van der Waals surface area contributed by atoms with Crippen LogP contribution in [-0.4, -0.2) is 55.4 Å². The predicted molar refractivity (Wildman–Crippen MR) is 69.1 cm³/mol. The lowest BCUT2D eigenvalue weighted by atomic mass is 10.0. The summed E-state index contributed by atoms with van der Waals surface area (Å²) < 4.78 is 16.3. The highest BCUT2D eigenvalue weighted by molar-refractivity contribution is 5.94. The first-order valence-corrected chi connectivity index (χ1v) is 6.55. The van der Waals surface area contributed by atoms with Gasteiger partial charge in [-0.15, -0.1) is 0 Å². The molecule has 2 aliphatic rings. The number of fused-ring (bicyclic) bond motifs is 1. The topological polar surface area (TPSA) is 80.3 Å². The van der Waals surface area contributed by atoms with Gasteiger partial charge in [-0.05, 0) is 12.1 Å². The van der Waals surface area contributed by atoms with Crippen LogP contribution in [0.3, 0.4) is 0 Å². The van der Waals surface area contributed by atoms with Crippen molar-refractivity contribution in [1.29, 1.82) is 0 Å². The Morgan fingerprint density at radius 2 is 2.05 bits per heavy atom. The zero-order chi connectivity index (χ0) is 14.1. The van der Waals surface area contributed by atoms with Gasteiger partial charge in [-0.3, -0.25) is 4.79 Å². The van der Waals surface area contributed by atoms with Crippen molar-refractivity contribution in [2.75, 3.05) is 13.7 Å². The van der Waals surface area contributed by atoms with Gasteiger partial charge in [-0.25, -0.2) is 0 Å². The van der Waals surface area contributed by atoms with Crippen molar-refractivity contribution >= 4 is 5.91 Å². The number of ether oxygens (including phenoxy) is 3. The number of aliphatic hydroxyl groups is 1. The summed E-state index contributed by atoms with van der Waals surface area (Å²) in [4.78, 5) is 12.2. The Kier molecular flexibility index (Phi) is 3.71. The zero-order valence-corrected chi connectivity index (χ0v) is 11.1. The SMILES string of the molecule is CO[C@@H]1O[C@@H](CO)[C@H]2O[C@H]2[C@H]1NC(=O)c1ccccc1. The highest BCUT2D eigenvalue weighted by atomic mass is 16.7. The van der Waals surface area contributed by atoms with E-state index in [0.717, 1.165) is 0 Å². The summed E-state index contributed by atoms with van der Waals surface area (Å²) in [5.41, 5.74) is 0.573. The van der Waals surface area contributed by atoms with Crippen molar-refractivity contribution in [3.05, 3.63) is 35.9 Å². The lowest BCUT2D eigenvalue weighted by molar-refractivity contribution is -0.190. The minimum atomic E-state index is -0.622. The number of rotatable bonds is 4. The number of epoxide rings is 1. The van der Waals surface area contributed by atoms with Gasteiger partial charge in [0, 0.05) is 12.7 Å². The Labute approximate surface area is 116 Å². The van der Waals surface area contributed by atoms with Crippen molar-refractivity contribution < 1.29 is 24.1 Å². The second kappa shape index (κ2) is 5.49. The average molecular weight is 279 g/mol. The second-order valence-electron chi connectivity index (χ2n) is 4.89. The summed E-state index contributed by atoms with van der Waals surface area (Å²) >= 11 is 0. The van der Waals surface area contributed by atoms with Crippen LogP contribution in [0.15, 0.2) is 30.3 Å². The molecule has 0 bridgehead atoms. The number of carbonyl (C=O) groups is 1. The van der Waals surface area contributed by atoms with Crippen LogP contribution in [0.5, 0.6) is 0 Å². The van der Waals surface area contributed by atoms with Gasteiger partial charge in [-0.2, -0.15) is 0 Å². The third-order valence-corrected chi connectivity index (χ3v) is 3.63. The monoisotopic (exact) mass is 279 g/mol. The Morgan fingerprint density at radius 1 is 1.30 bits per heavy atom. The minimum absolute atomic E-state index is 0.125. The molecule has 5 atom stereocenters. The van der Waals surface area contributed by atoms with Gasteiger partial charge < -0.3 is 24.6 Å². The summed E-state index contributed by atoms with van der Waals surface area (Å²) in [6.45, 7) is -0.125. The van der Waals surface area contributed by atoms with Crippen LogP contribution in [0.4, 0.5) is 0 Å². The Bertz CT molecular complexity index is 480. The molecule has 1 aromatic rings. The average Bonchev–Trinajstić information content (AvgIpc) is 3.29. The van der Waals surface area contributed by atoms with E-state index < -0.39 is 12.4 Å². The van der Waals surface area contributed by atoms with Gasteiger partial charge >= 0.3 is 0 Å². The van der Waals surface area contributed by atoms with Crippen LogP contribution in [0, 0.1) is 0 Å². The third-order valence-electron chi connectivity index (χ3n) is 3.63. The normalized spacial score (nSPS) is 35.2. The molecule has 1 aromatic carbocycles. The summed E-state index contributed by atoms with van der Waals surface area (Å²) in [5.74, 6) is -0.196. The first-order valence-electron chi connectivity index (χ1n) is 6.55. The van der Waals surface area contributed by atoms with Crippen molar-refractivity contribution in [3.8, 4) is 0 Å². The van der Waals surface area contributed by atoms with E-state index >= 15 is 0 Å². The van der Waals surface area contributed by atoms with Gasteiger partial charge in [-0.1, -0.05) is 18.2 Å². The van der Waals surface area contributed by atoms with Gasteiger partial charge in [0.05, 0.1) is 6.61 Å². The van der Waals surface area contributed by atoms with Gasteiger partial charge in [0.1, 0.15) is 24.4 Å². The molecule has 6 heteroatoms. The number of aliphatic hydroxyl groups excluding tert-OH is 1. The van der Waals surface area contributed by atoms with E-state index in [0.29, 0.717) is 5.56 Å². The first-order chi connectivity index (χ1) is 9.74. The van der Waals surface area contributed by atoms with E-state index in [1.54, 1.807) is 24.3 Å². The maximum atomic E-state index is 12.2. The van der Waals surface area contributed by atoms with Crippen LogP contribution in [-0.2, 0) is 14.2 Å². The molecule has 0 spiro atoms. The van der Waals surface area contributed by atoms with Crippen molar-refractivity contribution in [2.24, 2.45) is 0 Å². The van der Waals surface area contributed by atoms with E-state index in [1.807, 2.05) is 6.07 Å². The summed E-state index contributed by atoms with van der Waals surface area (Å²) in [7, 11) is 1.50. The molecule has 3 rings (SSSR count). The molecule has 2 fully saturated rings. The molecular formula is C14H17NO5. The maximum Gasteiger partial charge on any atom is 0.251 e. The largest absolute Gasteiger partial charge is 0.394 e. The predicted octanol–water partition coefficient (Wildman–Crippen LogP) is -0.0840. The van der Waals surface area contributed by atoms with Crippen molar-refractivity contribution in [2.45, 2.75) is 30.6 Å². The molecule has 108 valence electrons. The molecule has 20 heavy (non-hydrogen) atoms. The van der Waals surface area contributed by atoms with Crippen LogP contribution < -0.4 is 5.32 Å². The quantitative estimate of drug-likeness (QED) is 0.753. The molecule has 0 saturated carbocycles. The number of hydrogen-bond acceptors (Lipinski definition) is 5. The number of nitrogens with one attached hydrogen (secondary N) is 1. The van der Waals surface area contributed by atoms with Crippen LogP contribution in [0.2, 0.25) is 0 Å². The van der Waals surface area contributed by atoms with E-state index in [-0.39, 0.29) is 30.8 Å². The Balaban J connectivity index is 1.69. The lowest BCUT2D eigenvalue weighted by Gasteiger charge is -2.32. The number of amides is 1. The van der Waals surface area contributed by atoms with E-state index in [4.69, 9.17) is 14.2 Å². The lowest BCUT2D eigenvalue weighted by Crippen LogP contribution is -2.55. The molecule has 0 unspecified atom stereocenters. The van der Waals surface area contributed by atoms with E-state index in [1.165, 1.54) is 7.11 Å². The highest BCUT2D eigenvalue weighted by Gasteiger charge is 2.58. The third kappa shape index (κ3) is 2.43. The second-order valence-corrected chi connectivity index (χ2v) is 4.89.